The molecule has 0 radical (unpaired) electrons. The third-order valence-electron chi connectivity index (χ3n) is 3.54. The molecule has 0 saturated carbocycles. The van der Waals surface area contributed by atoms with Crippen LogP contribution in [0.5, 0.6) is 0 Å². The van der Waals surface area contributed by atoms with Crippen molar-refractivity contribution < 1.29 is 0 Å². The molecule has 0 bridgehead atoms. The van der Waals surface area contributed by atoms with E-state index in [0.29, 0.717) is 6.04 Å². The van der Waals surface area contributed by atoms with E-state index in [1.165, 1.54) is 39.1 Å². The van der Waals surface area contributed by atoms with E-state index in [1.54, 1.807) is 0 Å². The lowest BCUT2D eigenvalue weighted by atomic mass is 9.88. The van der Waals surface area contributed by atoms with Crippen LogP contribution in [0.4, 0.5) is 0 Å². The lowest BCUT2D eigenvalue weighted by Crippen LogP contribution is -2.33. The van der Waals surface area contributed by atoms with Crippen LogP contribution >= 0.6 is 27.3 Å². The lowest BCUT2D eigenvalue weighted by Gasteiger charge is -2.25. The molecule has 0 amide bonds. The highest BCUT2D eigenvalue weighted by atomic mass is 79.9. The predicted molar refractivity (Wildman–Crippen MR) is 81.1 cm³/mol. The first-order chi connectivity index (χ1) is 8.81. The number of fused-ring (bicyclic) bond motifs is 1. The van der Waals surface area contributed by atoms with Gasteiger partial charge in [-0.15, -0.1) is 11.3 Å². The summed E-state index contributed by atoms with van der Waals surface area (Å²) >= 11 is 5.33. The summed E-state index contributed by atoms with van der Waals surface area (Å²) in [5.41, 5.74) is 3.06. The molecule has 2 aromatic rings. The number of halogens is 1. The molecule has 1 nitrogen and oxygen atoms in total. The summed E-state index contributed by atoms with van der Waals surface area (Å²) in [6, 6.07) is 13.8. The summed E-state index contributed by atoms with van der Waals surface area (Å²) in [6.07, 6.45) is 3.63. The van der Waals surface area contributed by atoms with Crippen molar-refractivity contribution in [3.05, 3.63) is 56.2 Å². The average Bonchev–Trinajstić information content (AvgIpc) is 2.82. The monoisotopic (exact) mass is 321 g/mol. The molecule has 3 rings (SSSR count). The molecule has 1 heterocycles. The maximum atomic E-state index is 3.68. The van der Waals surface area contributed by atoms with Crippen LogP contribution in [0, 0.1) is 0 Å². The van der Waals surface area contributed by atoms with E-state index in [4.69, 9.17) is 0 Å². The zero-order valence-corrected chi connectivity index (χ0v) is 12.6. The van der Waals surface area contributed by atoms with Gasteiger partial charge in [-0.3, -0.25) is 0 Å². The minimum Gasteiger partial charge on any atom is -0.309 e. The lowest BCUT2D eigenvalue weighted by molar-refractivity contribution is 0.459. The number of rotatable bonds is 3. The highest BCUT2D eigenvalue weighted by Gasteiger charge is 2.17. The Labute approximate surface area is 120 Å². The van der Waals surface area contributed by atoms with Gasteiger partial charge in [0.1, 0.15) is 0 Å². The largest absolute Gasteiger partial charge is 0.309 e. The van der Waals surface area contributed by atoms with Gasteiger partial charge in [-0.05, 0) is 58.5 Å². The fraction of sp³-hybridized carbons (Fsp3) is 0.333. The zero-order valence-electron chi connectivity index (χ0n) is 10.2. The number of nitrogens with one attached hydrogen (secondary N) is 1. The smallest absolute Gasteiger partial charge is 0.0701 e. The minimum atomic E-state index is 0.626. The Morgan fingerprint density at radius 2 is 2.00 bits per heavy atom. The summed E-state index contributed by atoms with van der Waals surface area (Å²) in [6.45, 7) is 0.989. The number of aryl methyl sites for hydroxylation is 1. The van der Waals surface area contributed by atoms with Gasteiger partial charge in [0, 0.05) is 17.5 Å². The van der Waals surface area contributed by atoms with E-state index in [0.717, 1.165) is 6.54 Å². The Bertz CT molecular complexity index is 535. The first-order valence-corrected chi connectivity index (χ1v) is 7.96. The molecule has 18 heavy (non-hydrogen) atoms. The molecular weight excluding hydrogens is 306 g/mol. The molecule has 1 atom stereocenters. The molecule has 1 aromatic carbocycles. The first kappa shape index (κ1) is 12.4. The SMILES string of the molecule is Brc1ccc(CNC2CCc3ccccc3C2)s1. The summed E-state index contributed by atoms with van der Waals surface area (Å²) < 4.78 is 1.22. The standard InChI is InChI=1S/C15H16BrNS/c16-15-8-7-14(18-15)10-17-13-6-5-11-3-1-2-4-12(11)9-13/h1-4,7-8,13,17H,5-6,9-10H2. The molecule has 0 saturated heterocycles. The number of hydrogen-bond donors (Lipinski definition) is 1. The van der Waals surface area contributed by atoms with Crippen molar-refractivity contribution in [2.45, 2.75) is 31.8 Å². The van der Waals surface area contributed by atoms with Gasteiger partial charge in [0.15, 0.2) is 0 Å². The Morgan fingerprint density at radius 3 is 2.78 bits per heavy atom. The molecule has 1 aromatic heterocycles. The molecule has 1 aliphatic rings. The van der Waals surface area contributed by atoms with Crippen LogP contribution in [0.3, 0.4) is 0 Å². The number of thiophene rings is 1. The third-order valence-corrected chi connectivity index (χ3v) is 5.16. The van der Waals surface area contributed by atoms with Gasteiger partial charge in [-0.1, -0.05) is 24.3 Å². The molecule has 3 heteroatoms. The van der Waals surface area contributed by atoms with E-state index in [2.05, 4.69) is 57.6 Å². The van der Waals surface area contributed by atoms with Crippen LogP contribution in [0.15, 0.2) is 40.2 Å². The van der Waals surface area contributed by atoms with Crippen LogP contribution in [0.1, 0.15) is 22.4 Å². The summed E-state index contributed by atoms with van der Waals surface area (Å²) in [4.78, 5) is 1.40. The summed E-state index contributed by atoms with van der Waals surface area (Å²) in [5.74, 6) is 0. The van der Waals surface area contributed by atoms with Gasteiger partial charge >= 0.3 is 0 Å². The van der Waals surface area contributed by atoms with Gasteiger partial charge < -0.3 is 5.32 Å². The fourth-order valence-electron chi connectivity index (χ4n) is 2.56. The van der Waals surface area contributed by atoms with Gasteiger partial charge in [-0.2, -0.15) is 0 Å². The van der Waals surface area contributed by atoms with E-state index in [1.807, 2.05) is 11.3 Å². The van der Waals surface area contributed by atoms with Gasteiger partial charge in [-0.25, -0.2) is 0 Å². The average molecular weight is 322 g/mol. The maximum absolute atomic E-state index is 3.68. The highest BCUT2D eigenvalue weighted by molar-refractivity contribution is 9.11. The van der Waals surface area contributed by atoms with Crippen molar-refractivity contribution in [3.8, 4) is 0 Å². The Kier molecular flexibility index (Phi) is 3.83. The normalized spacial score (nSPS) is 18.6. The molecule has 0 fully saturated rings. The molecule has 0 aliphatic heterocycles. The van der Waals surface area contributed by atoms with Crippen molar-refractivity contribution in [1.29, 1.82) is 0 Å². The predicted octanol–water partition coefficient (Wildman–Crippen LogP) is 4.16. The molecular formula is C15H16BrNS. The highest BCUT2D eigenvalue weighted by Crippen LogP contribution is 2.24. The fourth-order valence-corrected chi connectivity index (χ4v) is 4.00. The van der Waals surface area contributed by atoms with Crippen molar-refractivity contribution in [2.24, 2.45) is 0 Å². The first-order valence-electron chi connectivity index (χ1n) is 6.35. The van der Waals surface area contributed by atoms with Crippen LogP contribution in [-0.2, 0) is 19.4 Å². The quantitative estimate of drug-likeness (QED) is 0.895. The molecule has 1 unspecified atom stereocenters. The van der Waals surface area contributed by atoms with Gasteiger partial charge in [0.2, 0.25) is 0 Å². The van der Waals surface area contributed by atoms with Crippen molar-refractivity contribution in [1.82, 2.24) is 5.32 Å². The van der Waals surface area contributed by atoms with Crippen molar-refractivity contribution in [3.63, 3.8) is 0 Å². The Balaban J connectivity index is 1.59. The zero-order chi connectivity index (χ0) is 12.4. The summed E-state index contributed by atoms with van der Waals surface area (Å²) in [5, 5.41) is 3.68. The van der Waals surface area contributed by atoms with Crippen molar-refractivity contribution in [2.75, 3.05) is 0 Å². The van der Waals surface area contributed by atoms with Crippen LogP contribution in [-0.4, -0.2) is 6.04 Å². The van der Waals surface area contributed by atoms with Crippen LogP contribution in [0.2, 0.25) is 0 Å². The molecule has 1 aliphatic carbocycles. The van der Waals surface area contributed by atoms with E-state index >= 15 is 0 Å². The minimum absolute atomic E-state index is 0.626. The van der Waals surface area contributed by atoms with Crippen LogP contribution < -0.4 is 5.32 Å². The Morgan fingerprint density at radius 1 is 1.17 bits per heavy atom. The third kappa shape index (κ3) is 2.85. The van der Waals surface area contributed by atoms with Crippen molar-refractivity contribution >= 4 is 27.3 Å². The molecule has 0 spiro atoms. The number of hydrogen-bond acceptors (Lipinski definition) is 2. The molecule has 94 valence electrons. The Hall–Kier alpha value is -0.640. The second-order valence-corrected chi connectivity index (χ2v) is 7.34. The van der Waals surface area contributed by atoms with Gasteiger partial charge in [0.25, 0.3) is 0 Å². The van der Waals surface area contributed by atoms with E-state index in [-0.39, 0.29) is 0 Å². The molecule has 1 N–H and O–H groups in total. The second kappa shape index (κ2) is 5.55. The van der Waals surface area contributed by atoms with E-state index < -0.39 is 0 Å². The van der Waals surface area contributed by atoms with E-state index in [9.17, 15) is 0 Å². The van der Waals surface area contributed by atoms with Crippen LogP contribution in [0.25, 0.3) is 0 Å². The maximum Gasteiger partial charge on any atom is 0.0701 e. The topological polar surface area (TPSA) is 12.0 Å². The second-order valence-electron chi connectivity index (χ2n) is 4.80. The van der Waals surface area contributed by atoms with Gasteiger partial charge in [0.05, 0.1) is 3.79 Å². The summed E-state index contributed by atoms with van der Waals surface area (Å²) in [7, 11) is 0. The number of benzene rings is 1.